The number of primary amides is 1. The van der Waals surface area contributed by atoms with E-state index in [-0.39, 0.29) is 25.4 Å². The predicted molar refractivity (Wildman–Crippen MR) is 149 cm³/mol. The lowest BCUT2D eigenvalue weighted by molar-refractivity contribution is -0.0564. The maximum absolute atomic E-state index is 15.5. The summed E-state index contributed by atoms with van der Waals surface area (Å²) in [6, 6.07) is 18.2. The zero-order valence-corrected chi connectivity index (χ0v) is 22.4. The number of nitrogens with zero attached hydrogens (tertiary/aromatic N) is 1. The van der Waals surface area contributed by atoms with Crippen molar-refractivity contribution in [2.45, 2.75) is 38.2 Å². The van der Waals surface area contributed by atoms with Crippen LogP contribution in [0.4, 0.5) is 9.18 Å². The summed E-state index contributed by atoms with van der Waals surface area (Å²) in [5.74, 6) is -1.73. The largest absolute Gasteiger partial charge is 0.465 e. The molecule has 40 heavy (non-hydrogen) atoms. The fourth-order valence-electron chi connectivity index (χ4n) is 5.60. The number of carboxylic acid groups (broad SMARTS) is 1. The third-order valence-electron chi connectivity index (χ3n) is 7.60. The van der Waals surface area contributed by atoms with Crippen LogP contribution in [-0.2, 0) is 5.60 Å². The van der Waals surface area contributed by atoms with Crippen molar-refractivity contribution in [3.8, 4) is 11.1 Å². The lowest BCUT2D eigenvalue weighted by atomic mass is 9.72. The molecule has 2 atom stereocenters. The molecule has 0 aliphatic carbocycles. The lowest BCUT2D eigenvalue weighted by Gasteiger charge is -2.43. The number of hydrogen-bond acceptors (Lipinski definition) is 4. The third kappa shape index (κ3) is 6.31. The Balaban J connectivity index is 1.70. The summed E-state index contributed by atoms with van der Waals surface area (Å²) in [7, 11) is 0. The van der Waals surface area contributed by atoms with E-state index < -0.39 is 29.3 Å². The minimum Gasteiger partial charge on any atom is -0.465 e. The Morgan fingerprint density at radius 2 is 1.77 bits per heavy atom. The maximum atomic E-state index is 15.5. The van der Waals surface area contributed by atoms with Crippen molar-refractivity contribution in [3.05, 3.63) is 94.8 Å². The number of aryl methyl sites for hydroxylation is 1. The van der Waals surface area contributed by atoms with Crippen molar-refractivity contribution in [2.75, 3.05) is 19.6 Å². The molecule has 5 N–H and O–H groups in total. The first-order chi connectivity index (χ1) is 19.1. The summed E-state index contributed by atoms with van der Waals surface area (Å²) in [5, 5.41) is 23.8. The molecule has 9 heteroatoms. The average Bonchev–Trinajstić information content (AvgIpc) is 2.94. The van der Waals surface area contributed by atoms with Crippen molar-refractivity contribution in [1.29, 1.82) is 0 Å². The van der Waals surface area contributed by atoms with Gasteiger partial charge in [-0.3, -0.25) is 9.59 Å². The van der Waals surface area contributed by atoms with E-state index in [9.17, 15) is 19.5 Å². The Morgan fingerprint density at radius 1 is 1.07 bits per heavy atom. The van der Waals surface area contributed by atoms with Gasteiger partial charge in [-0.2, -0.15) is 0 Å². The highest BCUT2D eigenvalue weighted by molar-refractivity contribution is 5.97. The smallest absolute Gasteiger partial charge is 0.404 e. The molecule has 1 fully saturated rings. The van der Waals surface area contributed by atoms with E-state index in [0.29, 0.717) is 53.6 Å². The van der Waals surface area contributed by atoms with E-state index in [1.807, 2.05) is 25.1 Å². The van der Waals surface area contributed by atoms with E-state index in [2.05, 4.69) is 5.32 Å². The molecule has 0 saturated carbocycles. The predicted octanol–water partition coefficient (Wildman–Crippen LogP) is 4.69. The fraction of sp³-hybridized carbons (Fsp3) is 0.323. The SMILES string of the molecule is Cc1cccc(-c2c(F)cccc2C(O)(CCCNC(=O)O)C2CCCN(C(=O)c3ccc(C(N)=O)cc3)C2)c1. The quantitative estimate of drug-likeness (QED) is 0.289. The number of benzene rings is 3. The van der Waals surface area contributed by atoms with Gasteiger partial charge in [0, 0.05) is 42.2 Å². The van der Waals surface area contributed by atoms with Crippen molar-refractivity contribution in [2.24, 2.45) is 11.7 Å². The van der Waals surface area contributed by atoms with Crippen LogP contribution >= 0.6 is 0 Å². The number of likely N-dealkylation sites (tertiary alicyclic amines) is 1. The summed E-state index contributed by atoms with van der Waals surface area (Å²) in [6.45, 7) is 2.74. The summed E-state index contributed by atoms with van der Waals surface area (Å²) < 4.78 is 15.5. The van der Waals surface area contributed by atoms with Crippen LogP contribution in [0.3, 0.4) is 0 Å². The molecule has 0 bridgehead atoms. The number of nitrogens with two attached hydrogens (primary N) is 1. The van der Waals surface area contributed by atoms with Crippen LogP contribution in [0.1, 0.15) is 57.5 Å². The van der Waals surface area contributed by atoms with Gasteiger partial charge in [0.05, 0.1) is 5.60 Å². The molecule has 3 amide bonds. The van der Waals surface area contributed by atoms with Gasteiger partial charge in [0.15, 0.2) is 0 Å². The van der Waals surface area contributed by atoms with E-state index in [0.717, 1.165) is 5.56 Å². The van der Waals surface area contributed by atoms with Gasteiger partial charge in [0.1, 0.15) is 5.82 Å². The second-order valence-corrected chi connectivity index (χ2v) is 10.3. The molecule has 8 nitrogen and oxygen atoms in total. The van der Waals surface area contributed by atoms with E-state index in [1.54, 1.807) is 35.2 Å². The van der Waals surface area contributed by atoms with Crippen molar-refractivity contribution < 1.29 is 29.0 Å². The van der Waals surface area contributed by atoms with Crippen LogP contribution in [0.2, 0.25) is 0 Å². The Morgan fingerprint density at radius 3 is 2.45 bits per heavy atom. The van der Waals surface area contributed by atoms with Crippen molar-refractivity contribution >= 4 is 17.9 Å². The van der Waals surface area contributed by atoms with Gasteiger partial charge in [0.2, 0.25) is 5.91 Å². The zero-order chi connectivity index (χ0) is 28.9. The number of halogens is 1. The number of carbonyl (C=O) groups excluding carboxylic acids is 2. The van der Waals surface area contributed by atoms with Crippen LogP contribution in [0.25, 0.3) is 11.1 Å². The van der Waals surface area contributed by atoms with Crippen LogP contribution in [-0.4, -0.2) is 52.7 Å². The summed E-state index contributed by atoms with van der Waals surface area (Å²) in [4.78, 5) is 37.5. The number of piperidine rings is 1. The minimum absolute atomic E-state index is 0.119. The first kappa shape index (κ1) is 28.8. The third-order valence-corrected chi connectivity index (χ3v) is 7.60. The highest BCUT2D eigenvalue weighted by Gasteiger charge is 2.43. The van der Waals surface area contributed by atoms with Crippen LogP contribution in [0, 0.1) is 18.7 Å². The van der Waals surface area contributed by atoms with E-state index in [1.165, 1.54) is 18.2 Å². The van der Waals surface area contributed by atoms with Gasteiger partial charge >= 0.3 is 6.09 Å². The molecule has 1 heterocycles. The zero-order valence-electron chi connectivity index (χ0n) is 22.4. The molecule has 3 aromatic rings. The number of carbonyl (C=O) groups is 3. The number of hydrogen-bond donors (Lipinski definition) is 4. The first-order valence-corrected chi connectivity index (χ1v) is 13.3. The molecule has 0 aromatic heterocycles. The van der Waals surface area contributed by atoms with Crippen LogP contribution in [0.5, 0.6) is 0 Å². The minimum atomic E-state index is -1.55. The number of aliphatic hydroxyl groups is 1. The van der Waals surface area contributed by atoms with Gasteiger partial charge in [0.25, 0.3) is 5.91 Å². The topological polar surface area (TPSA) is 133 Å². The van der Waals surface area contributed by atoms with Gasteiger partial charge in [-0.1, -0.05) is 42.0 Å². The Labute approximate surface area is 232 Å². The molecule has 1 aliphatic heterocycles. The normalized spacial score (nSPS) is 16.7. The monoisotopic (exact) mass is 547 g/mol. The lowest BCUT2D eigenvalue weighted by Crippen LogP contribution is -2.48. The Kier molecular flexibility index (Phi) is 8.84. The van der Waals surface area contributed by atoms with Gasteiger partial charge in [-0.15, -0.1) is 0 Å². The second-order valence-electron chi connectivity index (χ2n) is 10.3. The van der Waals surface area contributed by atoms with E-state index >= 15 is 4.39 Å². The van der Waals surface area contributed by atoms with Crippen molar-refractivity contribution in [1.82, 2.24) is 10.2 Å². The maximum Gasteiger partial charge on any atom is 0.404 e. The molecular weight excluding hydrogens is 513 g/mol. The van der Waals surface area contributed by atoms with Crippen LogP contribution in [0.15, 0.2) is 66.7 Å². The summed E-state index contributed by atoms with van der Waals surface area (Å²) in [5.41, 5.74) is 6.75. The van der Waals surface area contributed by atoms with Crippen LogP contribution < -0.4 is 11.1 Å². The van der Waals surface area contributed by atoms with E-state index in [4.69, 9.17) is 10.8 Å². The second kappa shape index (κ2) is 12.3. The molecule has 210 valence electrons. The molecular formula is C31H34FN3O5. The first-order valence-electron chi connectivity index (χ1n) is 13.3. The van der Waals surface area contributed by atoms with Gasteiger partial charge in [-0.05, 0) is 74.1 Å². The average molecular weight is 548 g/mol. The standard InChI is InChI=1S/C31H34FN3O5/c1-20-6-2-7-23(18-20)27-25(9-3-10-26(27)32)31(40,15-5-16-34-30(38)39)24-8-4-17-35(19-24)29(37)22-13-11-21(12-14-22)28(33)36/h2-3,6-7,9-14,18,24,34,40H,4-5,8,15-17,19H2,1H3,(H2,33,36)(H,38,39). The molecule has 0 radical (unpaired) electrons. The Bertz CT molecular complexity index is 1390. The highest BCUT2D eigenvalue weighted by Crippen LogP contribution is 2.44. The molecule has 1 aliphatic rings. The van der Waals surface area contributed by atoms with Crippen molar-refractivity contribution in [3.63, 3.8) is 0 Å². The molecule has 3 aromatic carbocycles. The number of amides is 3. The highest BCUT2D eigenvalue weighted by atomic mass is 19.1. The molecule has 0 spiro atoms. The molecule has 1 saturated heterocycles. The fourth-order valence-corrected chi connectivity index (χ4v) is 5.60. The molecule has 4 rings (SSSR count). The number of nitrogens with one attached hydrogen (secondary N) is 1. The van der Waals surface area contributed by atoms with Gasteiger partial charge < -0.3 is 26.2 Å². The Hall–Kier alpha value is -4.24. The summed E-state index contributed by atoms with van der Waals surface area (Å²) >= 11 is 0. The molecule has 2 unspecified atom stereocenters. The summed E-state index contributed by atoms with van der Waals surface area (Å²) in [6.07, 6.45) is 0.533. The number of rotatable bonds is 9. The van der Waals surface area contributed by atoms with Gasteiger partial charge in [-0.25, -0.2) is 9.18 Å².